The zero-order valence-corrected chi connectivity index (χ0v) is 53.8. The van der Waals surface area contributed by atoms with E-state index < -0.39 is 178 Å². The summed E-state index contributed by atoms with van der Waals surface area (Å²) in [4.78, 5) is 181. The van der Waals surface area contributed by atoms with Gasteiger partial charge in [0.15, 0.2) is 0 Å². The Bertz CT molecular complexity index is 2160. The van der Waals surface area contributed by atoms with Crippen molar-refractivity contribution in [1.29, 1.82) is 0 Å². The molecule has 0 radical (unpaired) electrons. The summed E-state index contributed by atoms with van der Waals surface area (Å²) < 4.78 is 93.9. The van der Waals surface area contributed by atoms with E-state index in [1.54, 1.807) is 11.8 Å². The number of nitrogens with zero attached hydrogens (tertiary/aromatic N) is 8. The first-order valence-electron chi connectivity index (χ1n) is 26.8. The van der Waals surface area contributed by atoms with Gasteiger partial charge in [0.05, 0.1) is 25.7 Å². The number of carbonyl (C=O) groups excluding carboxylic acids is 4. The molecule has 34 nitrogen and oxygen atoms in total. The van der Waals surface area contributed by atoms with Gasteiger partial charge in [0, 0.05) is 78.5 Å². The maximum absolute atomic E-state index is 13.6. The highest BCUT2D eigenvalue weighted by molar-refractivity contribution is 7.53. The molecule has 1 unspecified atom stereocenters. The van der Waals surface area contributed by atoms with Crippen LogP contribution in [0.25, 0.3) is 0 Å². The zero-order valence-electron chi connectivity index (χ0n) is 48.5. The lowest BCUT2D eigenvalue weighted by molar-refractivity contribution is -0.171. The number of ether oxygens (including phenoxy) is 4. The summed E-state index contributed by atoms with van der Waals surface area (Å²) >= 11 is 0. The topological polar surface area (TPSA) is 476 Å². The summed E-state index contributed by atoms with van der Waals surface area (Å²) in [6.45, 7) is 11.8. The second-order valence-corrected chi connectivity index (χ2v) is 29.6. The maximum atomic E-state index is 13.6. The molecule has 0 bridgehead atoms. The zero-order chi connectivity index (χ0) is 63.9. The summed E-state index contributed by atoms with van der Waals surface area (Å²) in [5, 5.41) is 0. The van der Waals surface area contributed by atoms with E-state index in [0.29, 0.717) is 44.2 Å². The van der Waals surface area contributed by atoms with Crippen molar-refractivity contribution in [3.05, 3.63) is 0 Å². The molecule has 0 heterocycles. The molecule has 0 aliphatic rings. The van der Waals surface area contributed by atoms with Crippen molar-refractivity contribution < 1.29 is 124 Å². The van der Waals surface area contributed by atoms with E-state index in [1.165, 1.54) is 4.90 Å². The molecule has 0 aliphatic carbocycles. The highest BCUT2D eigenvalue weighted by Crippen LogP contribution is 2.42. The minimum absolute atomic E-state index is 0.0355. The van der Waals surface area contributed by atoms with E-state index in [-0.39, 0.29) is 52.2 Å². The Kier molecular flexibility index (Phi) is 39.4. The van der Waals surface area contributed by atoms with E-state index >= 15 is 0 Å². The van der Waals surface area contributed by atoms with Gasteiger partial charge in [0.1, 0.15) is 69.6 Å². The van der Waals surface area contributed by atoms with Crippen LogP contribution in [0.15, 0.2) is 0 Å². The third-order valence-electron chi connectivity index (χ3n) is 12.6. The Labute approximate surface area is 486 Å². The fourth-order valence-corrected chi connectivity index (χ4v) is 13.0. The van der Waals surface area contributed by atoms with Crippen LogP contribution in [0.4, 0.5) is 0 Å². The number of rotatable bonds is 50. The van der Waals surface area contributed by atoms with Gasteiger partial charge < -0.3 is 97.3 Å². The molecular formula is C43H94N8O26P6. The SMILES string of the molecule is CCN(CC)CCN(CC)CCC(=O)OCC(COC(=O)CCN(CC)CCN(CP(=O)(O)O)CP(=O)(O)O)(COC(=O)CCN(CCN(CC)CC)CP(=O)(O)O)COC(=O)CCN(CCN(CP(=O)(O)O)CP(=O)(O)O)CP(=O)(O)O. The normalized spacial score (nSPS) is 14.0. The van der Waals surface area contributed by atoms with Crippen LogP contribution in [0, 0.1) is 5.41 Å². The van der Waals surface area contributed by atoms with Crippen molar-refractivity contribution in [3.8, 4) is 0 Å². The van der Waals surface area contributed by atoms with Crippen molar-refractivity contribution in [1.82, 2.24) is 39.2 Å². The lowest BCUT2D eigenvalue weighted by atomic mass is 9.92. The average Bonchev–Trinajstić information content (AvgIpc) is 3.43. The van der Waals surface area contributed by atoms with E-state index in [4.69, 9.17) is 18.9 Å². The molecule has 83 heavy (non-hydrogen) atoms. The number of likely N-dealkylation sites (N-methyl/N-ethyl adjacent to an activating group) is 4. The summed E-state index contributed by atoms with van der Waals surface area (Å²) in [6.07, 6.45) is -7.62. The van der Waals surface area contributed by atoms with Gasteiger partial charge in [-0.15, -0.1) is 0 Å². The predicted octanol–water partition coefficient (Wildman–Crippen LogP) is -0.947. The smallest absolute Gasteiger partial charge is 0.339 e. The van der Waals surface area contributed by atoms with Gasteiger partial charge in [-0.3, -0.25) is 66.2 Å². The quantitative estimate of drug-likeness (QED) is 0.0198. The highest BCUT2D eigenvalue weighted by Gasteiger charge is 2.39. The molecule has 0 aliphatic heterocycles. The molecule has 0 spiro atoms. The van der Waals surface area contributed by atoms with Crippen LogP contribution in [0.3, 0.4) is 0 Å². The Morgan fingerprint density at radius 1 is 0.277 bits per heavy atom. The van der Waals surface area contributed by atoms with Crippen LogP contribution in [0.2, 0.25) is 0 Å². The molecule has 0 aromatic rings. The molecule has 492 valence electrons. The second-order valence-electron chi connectivity index (χ2n) is 19.9. The van der Waals surface area contributed by atoms with Crippen molar-refractivity contribution in [2.24, 2.45) is 5.41 Å². The van der Waals surface area contributed by atoms with Gasteiger partial charge in [-0.05, 0) is 39.3 Å². The first-order chi connectivity index (χ1) is 38.2. The van der Waals surface area contributed by atoms with E-state index in [2.05, 4.69) is 4.90 Å². The summed E-state index contributed by atoms with van der Waals surface area (Å²) in [5.41, 5.74) is -1.93. The third kappa shape index (κ3) is 45.4. The van der Waals surface area contributed by atoms with Crippen LogP contribution in [0.1, 0.15) is 67.2 Å². The Hall–Kier alpha value is -1.54. The first-order valence-corrected chi connectivity index (χ1v) is 37.6. The minimum Gasteiger partial charge on any atom is -0.465 e. The van der Waals surface area contributed by atoms with Gasteiger partial charge in [0.25, 0.3) is 0 Å². The summed E-state index contributed by atoms with van der Waals surface area (Å²) in [6, 6.07) is 0. The molecular weight excluding hydrogens is 1230 g/mol. The number of hydrogen-bond acceptors (Lipinski definition) is 22. The molecule has 12 N–H and O–H groups in total. The fourth-order valence-electron chi connectivity index (χ4n) is 7.98. The molecule has 1 atom stereocenters. The minimum atomic E-state index is -4.93. The molecule has 0 fully saturated rings. The van der Waals surface area contributed by atoms with Crippen molar-refractivity contribution >= 4 is 69.5 Å². The average molecular weight is 1330 g/mol. The van der Waals surface area contributed by atoms with E-state index in [1.807, 2.05) is 44.4 Å². The van der Waals surface area contributed by atoms with Crippen molar-refractivity contribution in [3.63, 3.8) is 0 Å². The first kappa shape index (κ1) is 81.5. The number of esters is 4. The van der Waals surface area contributed by atoms with Gasteiger partial charge >= 0.3 is 69.5 Å². The van der Waals surface area contributed by atoms with Crippen LogP contribution in [-0.4, -0.2) is 304 Å². The fraction of sp³-hybridized carbons (Fsp3) is 0.907. The van der Waals surface area contributed by atoms with Gasteiger partial charge in [-0.25, -0.2) is 0 Å². The van der Waals surface area contributed by atoms with Gasteiger partial charge in [0.2, 0.25) is 0 Å². The lowest BCUT2D eigenvalue weighted by Gasteiger charge is -2.32. The van der Waals surface area contributed by atoms with Crippen LogP contribution < -0.4 is 0 Å². The van der Waals surface area contributed by atoms with Crippen LogP contribution in [0.5, 0.6) is 0 Å². The molecule has 0 amide bonds. The Morgan fingerprint density at radius 2 is 0.446 bits per heavy atom. The molecule has 0 rings (SSSR count). The van der Waals surface area contributed by atoms with Crippen LogP contribution >= 0.6 is 45.6 Å². The molecule has 40 heteroatoms. The monoisotopic (exact) mass is 1320 g/mol. The third-order valence-corrected chi connectivity index (χ3v) is 17.2. The number of carbonyl (C=O) groups is 4. The van der Waals surface area contributed by atoms with Gasteiger partial charge in [-0.2, -0.15) is 0 Å². The summed E-state index contributed by atoms with van der Waals surface area (Å²) in [7, 11) is -28.9. The Morgan fingerprint density at radius 3 is 0.651 bits per heavy atom. The van der Waals surface area contributed by atoms with E-state index in [9.17, 15) is 105 Å². The second kappa shape index (κ2) is 40.2. The molecule has 0 saturated heterocycles. The van der Waals surface area contributed by atoms with Crippen LogP contribution in [-0.2, 0) is 65.5 Å². The maximum Gasteiger partial charge on any atom is 0.339 e. The largest absolute Gasteiger partial charge is 0.465 e. The summed E-state index contributed by atoms with van der Waals surface area (Å²) in [5.74, 6) is -3.75. The molecule has 0 aromatic carbocycles. The van der Waals surface area contributed by atoms with Crippen molar-refractivity contribution in [2.45, 2.75) is 67.2 Å². The predicted molar refractivity (Wildman–Crippen MR) is 303 cm³/mol. The highest BCUT2D eigenvalue weighted by atomic mass is 31.2. The van der Waals surface area contributed by atoms with Crippen molar-refractivity contribution in [2.75, 3.05) is 182 Å². The van der Waals surface area contributed by atoms with E-state index in [0.717, 1.165) is 22.9 Å². The Balaban J connectivity index is 7.12. The standard InChI is InChI=1S/C43H94N8O26P6/c1-7-44(8-2)21-23-46(11-5)17-13-39(52)74-29-43(31-76-41(54)15-19-48(33-78(56,57)58)25-22-45(9-3)10-4,30-75-40(53)14-18-47(12-6)24-27-50(35-80(62,63)64)36-81(65,66)67)32-77-42(55)16-20-49(34-79(59,60)61)26-28-51(37-82(68,69)70)38-83(71,72)73/h7-38H2,1-6H3,(H2,56,57,58)(H2,59,60,61)(H2,62,63,64)(H2,65,66,67)(H2,68,69,70)(H2,71,72,73). The molecule has 0 aromatic heterocycles. The lowest BCUT2D eigenvalue weighted by Crippen LogP contribution is -2.45. The molecule has 0 saturated carbocycles. The number of hydrogen-bond donors (Lipinski definition) is 12. The van der Waals surface area contributed by atoms with Gasteiger partial charge in [-0.1, -0.05) is 41.5 Å².